The van der Waals surface area contributed by atoms with Crippen LogP contribution in [-0.2, 0) is 9.59 Å². The molecule has 10 heteroatoms. The van der Waals surface area contributed by atoms with Crippen molar-refractivity contribution in [3.05, 3.63) is 119 Å². The van der Waals surface area contributed by atoms with Gasteiger partial charge in [0.15, 0.2) is 0 Å². The summed E-state index contributed by atoms with van der Waals surface area (Å²) in [6.45, 7) is 4.09. The number of rotatable bonds is 11. The van der Waals surface area contributed by atoms with Crippen LogP contribution in [0.15, 0.2) is 108 Å². The molecule has 0 aliphatic carbocycles. The number of carbonyl (C=O) groups excluding carboxylic acids is 3. The van der Waals surface area contributed by atoms with Crippen LogP contribution in [-0.4, -0.2) is 34.6 Å². The molecule has 0 aliphatic rings. The Morgan fingerprint density at radius 2 is 1.71 bits per heavy atom. The average Bonchev–Trinajstić information content (AvgIpc) is 2.99. The quantitative estimate of drug-likeness (QED) is 0.131. The molecule has 0 aliphatic heterocycles. The molecule has 3 aromatic carbocycles. The van der Waals surface area contributed by atoms with Crippen molar-refractivity contribution < 1.29 is 19.1 Å². The Morgan fingerprint density at radius 3 is 2.45 bits per heavy atom. The van der Waals surface area contributed by atoms with E-state index in [4.69, 9.17) is 16.3 Å². The lowest BCUT2D eigenvalue weighted by atomic mass is 10.1. The number of nitrogens with one attached hydrogen (secondary N) is 3. The Morgan fingerprint density at radius 1 is 0.952 bits per heavy atom. The molecule has 3 N–H and O–H groups in total. The van der Waals surface area contributed by atoms with E-state index in [1.807, 2.05) is 31.2 Å². The van der Waals surface area contributed by atoms with Gasteiger partial charge in [0.2, 0.25) is 5.91 Å². The number of aromatic nitrogens is 1. The summed E-state index contributed by atoms with van der Waals surface area (Å²) in [6.07, 6.45) is 3.04. The number of amides is 3. The van der Waals surface area contributed by atoms with Crippen molar-refractivity contribution >= 4 is 58.7 Å². The number of pyridine rings is 1. The van der Waals surface area contributed by atoms with Gasteiger partial charge in [-0.05, 0) is 68.5 Å². The number of para-hydroxylation sites is 1. The highest BCUT2D eigenvalue weighted by Crippen LogP contribution is 2.27. The normalized spacial score (nSPS) is 11.7. The standard InChI is InChI=1S/C32H29ClN4O4S/c1-3-41-28-15-8-7-12-23(28)18-27(36-31(39)22-10-5-4-6-11-22)32(40)35-25-13-9-14-26(19-25)42-21(2)30(38)37-29-17-16-24(33)20-34-29/h4-21H,3H2,1-2H3,(H,35,40)(H,36,39)(H,34,37,38)/b27-18+. The zero-order chi connectivity index (χ0) is 29.9. The molecule has 1 aromatic heterocycles. The van der Waals surface area contributed by atoms with Crippen molar-refractivity contribution in [2.75, 3.05) is 17.2 Å². The van der Waals surface area contributed by atoms with E-state index in [0.717, 1.165) is 4.90 Å². The first-order chi connectivity index (χ1) is 20.3. The van der Waals surface area contributed by atoms with E-state index in [1.54, 1.807) is 79.7 Å². The number of ether oxygens (including phenoxy) is 1. The van der Waals surface area contributed by atoms with Crippen LogP contribution in [0.5, 0.6) is 5.75 Å². The lowest BCUT2D eigenvalue weighted by molar-refractivity contribution is -0.115. The summed E-state index contributed by atoms with van der Waals surface area (Å²) in [6, 6.07) is 26.3. The molecular weight excluding hydrogens is 572 g/mol. The van der Waals surface area contributed by atoms with E-state index in [1.165, 1.54) is 18.0 Å². The molecule has 0 bridgehead atoms. The Balaban J connectivity index is 1.51. The lowest BCUT2D eigenvalue weighted by Crippen LogP contribution is -2.30. The Bertz CT molecular complexity index is 1580. The van der Waals surface area contributed by atoms with E-state index >= 15 is 0 Å². The van der Waals surface area contributed by atoms with Crippen LogP contribution in [0.25, 0.3) is 6.08 Å². The summed E-state index contributed by atoms with van der Waals surface area (Å²) in [5.74, 6) is -0.192. The Labute approximate surface area is 253 Å². The number of hydrogen-bond acceptors (Lipinski definition) is 6. The monoisotopic (exact) mass is 600 g/mol. The number of thioether (sulfide) groups is 1. The molecule has 42 heavy (non-hydrogen) atoms. The second kappa shape index (κ2) is 14.9. The molecule has 0 spiro atoms. The molecule has 8 nitrogen and oxygen atoms in total. The van der Waals surface area contributed by atoms with E-state index in [2.05, 4.69) is 20.9 Å². The van der Waals surface area contributed by atoms with Crippen LogP contribution < -0.4 is 20.7 Å². The molecule has 3 amide bonds. The fourth-order valence-corrected chi connectivity index (χ4v) is 4.80. The lowest BCUT2D eigenvalue weighted by Gasteiger charge is -2.14. The first kappa shape index (κ1) is 30.4. The van der Waals surface area contributed by atoms with Gasteiger partial charge in [-0.25, -0.2) is 4.98 Å². The van der Waals surface area contributed by atoms with Crippen LogP contribution in [0.4, 0.5) is 11.5 Å². The summed E-state index contributed by atoms with van der Waals surface area (Å²) in [7, 11) is 0. The van der Waals surface area contributed by atoms with Crippen LogP contribution in [0.1, 0.15) is 29.8 Å². The molecule has 4 rings (SSSR count). The summed E-state index contributed by atoms with van der Waals surface area (Å²) in [4.78, 5) is 44.0. The third-order valence-corrected chi connectivity index (χ3v) is 7.12. The van der Waals surface area contributed by atoms with Crippen LogP contribution in [0.2, 0.25) is 5.02 Å². The minimum absolute atomic E-state index is 0.0391. The zero-order valence-corrected chi connectivity index (χ0v) is 24.5. The highest BCUT2D eigenvalue weighted by molar-refractivity contribution is 8.00. The van der Waals surface area contributed by atoms with Gasteiger partial charge in [-0.1, -0.05) is 54.1 Å². The zero-order valence-electron chi connectivity index (χ0n) is 23.0. The number of nitrogens with zero attached hydrogens (tertiary/aromatic N) is 1. The summed E-state index contributed by atoms with van der Waals surface area (Å²) < 4.78 is 5.71. The molecule has 0 fully saturated rings. The van der Waals surface area contributed by atoms with Crippen LogP contribution in [0.3, 0.4) is 0 Å². The highest BCUT2D eigenvalue weighted by atomic mass is 35.5. The number of halogens is 1. The topological polar surface area (TPSA) is 109 Å². The van der Waals surface area contributed by atoms with Crippen molar-refractivity contribution in [2.24, 2.45) is 0 Å². The minimum Gasteiger partial charge on any atom is -0.493 e. The fourth-order valence-electron chi connectivity index (χ4n) is 3.77. The minimum atomic E-state index is -0.521. The van der Waals surface area contributed by atoms with Gasteiger partial charge in [0, 0.05) is 27.9 Å². The molecule has 0 saturated heterocycles. The number of benzene rings is 3. The van der Waals surface area contributed by atoms with E-state index < -0.39 is 17.1 Å². The maximum atomic E-state index is 13.5. The van der Waals surface area contributed by atoms with Crippen molar-refractivity contribution in [2.45, 2.75) is 24.0 Å². The predicted octanol–water partition coefficient (Wildman–Crippen LogP) is 6.66. The van der Waals surface area contributed by atoms with Gasteiger partial charge in [0.25, 0.3) is 11.8 Å². The molecular formula is C32H29ClN4O4S. The average molecular weight is 601 g/mol. The highest BCUT2D eigenvalue weighted by Gasteiger charge is 2.18. The van der Waals surface area contributed by atoms with Gasteiger partial charge in [-0.15, -0.1) is 11.8 Å². The summed E-state index contributed by atoms with van der Waals surface area (Å²) in [5.41, 5.74) is 1.58. The third-order valence-electron chi connectivity index (χ3n) is 5.80. The first-order valence-electron chi connectivity index (χ1n) is 13.1. The van der Waals surface area contributed by atoms with Crippen LogP contribution >= 0.6 is 23.4 Å². The van der Waals surface area contributed by atoms with Crippen molar-refractivity contribution in [3.8, 4) is 5.75 Å². The number of anilines is 2. The Hall–Kier alpha value is -4.60. The van der Waals surface area contributed by atoms with Gasteiger partial charge in [0.1, 0.15) is 17.3 Å². The van der Waals surface area contributed by atoms with Gasteiger partial charge in [-0.2, -0.15) is 0 Å². The number of carbonyl (C=O) groups is 3. The van der Waals surface area contributed by atoms with Gasteiger partial charge < -0.3 is 20.7 Å². The summed E-state index contributed by atoms with van der Waals surface area (Å²) in [5, 5.41) is 8.39. The number of hydrogen-bond donors (Lipinski definition) is 3. The van der Waals surface area contributed by atoms with Crippen LogP contribution in [0, 0.1) is 0 Å². The largest absolute Gasteiger partial charge is 0.493 e. The fraction of sp³-hybridized carbons (Fsp3) is 0.125. The van der Waals surface area contributed by atoms with Crippen molar-refractivity contribution in [1.29, 1.82) is 0 Å². The van der Waals surface area contributed by atoms with Crippen molar-refractivity contribution in [3.63, 3.8) is 0 Å². The molecule has 1 unspecified atom stereocenters. The smallest absolute Gasteiger partial charge is 0.272 e. The van der Waals surface area contributed by atoms with E-state index in [9.17, 15) is 14.4 Å². The molecule has 214 valence electrons. The maximum absolute atomic E-state index is 13.5. The SMILES string of the molecule is CCOc1ccccc1/C=C(/NC(=O)c1ccccc1)C(=O)Nc1cccc(SC(C)C(=O)Nc2ccc(Cl)cn2)c1. The van der Waals surface area contributed by atoms with Gasteiger partial charge in [-0.3, -0.25) is 14.4 Å². The predicted molar refractivity (Wildman–Crippen MR) is 168 cm³/mol. The molecule has 0 radical (unpaired) electrons. The third kappa shape index (κ3) is 8.70. The van der Waals surface area contributed by atoms with Crippen molar-refractivity contribution in [1.82, 2.24) is 10.3 Å². The summed E-state index contributed by atoms with van der Waals surface area (Å²) >= 11 is 7.19. The van der Waals surface area contributed by atoms with Gasteiger partial charge in [0.05, 0.1) is 16.9 Å². The van der Waals surface area contributed by atoms with E-state index in [0.29, 0.717) is 40.0 Å². The second-order valence-electron chi connectivity index (χ2n) is 8.94. The second-order valence-corrected chi connectivity index (χ2v) is 10.8. The van der Waals surface area contributed by atoms with Gasteiger partial charge >= 0.3 is 0 Å². The molecule has 1 heterocycles. The first-order valence-corrected chi connectivity index (χ1v) is 14.4. The molecule has 0 saturated carbocycles. The molecule has 1 atom stereocenters. The maximum Gasteiger partial charge on any atom is 0.272 e. The molecule has 4 aromatic rings. The Kier molecular flexibility index (Phi) is 10.7. The van der Waals surface area contributed by atoms with E-state index in [-0.39, 0.29) is 11.6 Å².